The summed E-state index contributed by atoms with van der Waals surface area (Å²) in [6.07, 6.45) is 2.53. The molecule has 6 heteroatoms. The van der Waals surface area contributed by atoms with Gasteiger partial charge in [0.25, 0.3) is 0 Å². The van der Waals surface area contributed by atoms with Gasteiger partial charge in [0.15, 0.2) is 0 Å². The first kappa shape index (κ1) is 16.7. The quantitative estimate of drug-likeness (QED) is 0.903. The van der Waals surface area contributed by atoms with Gasteiger partial charge in [-0.2, -0.15) is 4.31 Å². The van der Waals surface area contributed by atoms with Crippen molar-refractivity contribution >= 4 is 21.6 Å². The molecule has 0 amide bonds. The van der Waals surface area contributed by atoms with Crippen molar-refractivity contribution in [2.75, 3.05) is 19.6 Å². The molecule has 0 aliphatic carbocycles. The molecule has 0 aromatic heterocycles. The van der Waals surface area contributed by atoms with E-state index in [4.69, 9.17) is 11.6 Å². The average Bonchev–Trinajstić information content (AvgIpc) is 2.48. The smallest absolute Gasteiger partial charge is 0.243 e. The first-order chi connectivity index (χ1) is 9.98. The number of halogens is 1. The first-order valence-electron chi connectivity index (χ1n) is 7.46. The molecule has 21 heavy (non-hydrogen) atoms. The minimum absolute atomic E-state index is 0.0783. The van der Waals surface area contributed by atoms with E-state index < -0.39 is 10.0 Å². The average molecular weight is 331 g/mol. The molecular formula is C15H23ClN2O2S. The second kappa shape index (κ2) is 7.09. The van der Waals surface area contributed by atoms with Crippen LogP contribution in [0.5, 0.6) is 0 Å². The molecule has 1 fully saturated rings. The van der Waals surface area contributed by atoms with E-state index in [0.717, 1.165) is 32.4 Å². The van der Waals surface area contributed by atoms with Crippen molar-refractivity contribution in [2.24, 2.45) is 0 Å². The summed E-state index contributed by atoms with van der Waals surface area (Å²) in [5, 5.41) is 3.78. The fraction of sp³-hybridized carbons (Fsp3) is 0.600. The molecule has 0 radical (unpaired) electrons. The molecule has 0 unspecified atom stereocenters. The Morgan fingerprint density at radius 3 is 2.62 bits per heavy atom. The Hall–Kier alpha value is -0.620. The minimum Gasteiger partial charge on any atom is -0.317 e. The van der Waals surface area contributed by atoms with Crippen LogP contribution in [0, 0.1) is 6.92 Å². The summed E-state index contributed by atoms with van der Waals surface area (Å²) in [7, 11) is -3.49. The molecule has 0 atom stereocenters. The summed E-state index contributed by atoms with van der Waals surface area (Å²) >= 11 is 6.09. The molecule has 1 aromatic rings. The summed E-state index contributed by atoms with van der Waals surface area (Å²) in [5.74, 6) is 0. The third-order valence-electron chi connectivity index (χ3n) is 3.96. The highest BCUT2D eigenvalue weighted by Crippen LogP contribution is 2.28. The van der Waals surface area contributed by atoms with Crippen molar-refractivity contribution in [3.8, 4) is 0 Å². The Balaban J connectivity index is 2.39. The zero-order valence-electron chi connectivity index (χ0n) is 12.6. The standard InChI is InChI=1S/C15H23ClN2O2S/c1-3-11-18(13-7-9-17-10-8-13)21(19,20)15-6-4-5-14(16)12(15)2/h4-6,13,17H,3,7-11H2,1-2H3. The Bertz CT molecular complexity index is 583. The highest BCUT2D eigenvalue weighted by atomic mass is 35.5. The van der Waals surface area contributed by atoms with Gasteiger partial charge >= 0.3 is 0 Å². The van der Waals surface area contributed by atoms with Gasteiger partial charge in [0.2, 0.25) is 10.0 Å². The van der Waals surface area contributed by atoms with Gasteiger partial charge in [-0.05, 0) is 57.0 Å². The van der Waals surface area contributed by atoms with Crippen molar-refractivity contribution in [3.63, 3.8) is 0 Å². The molecule has 1 aliphatic heterocycles. The summed E-state index contributed by atoms with van der Waals surface area (Å²) in [6, 6.07) is 5.16. The van der Waals surface area contributed by atoms with E-state index >= 15 is 0 Å². The van der Waals surface area contributed by atoms with E-state index in [2.05, 4.69) is 5.32 Å². The predicted molar refractivity (Wildman–Crippen MR) is 86.3 cm³/mol. The van der Waals surface area contributed by atoms with Crippen molar-refractivity contribution in [1.82, 2.24) is 9.62 Å². The van der Waals surface area contributed by atoms with Crippen LogP contribution in [-0.4, -0.2) is 38.4 Å². The molecule has 0 bridgehead atoms. The Morgan fingerprint density at radius 1 is 1.33 bits per heavy atom. The zero-order valence-corrected chi connectivity index (χ0v) is 14.2. The maximum Gasteiger partial charge on any atom is 0.243 e. The maximum absolute atomic E-state index is 13.0. The van der Waals surface area contributed by atoms with Crippen molar-refractivity contribution in [1.29, 1.82) is 0 Å². The SMILES string of the molecule is CCCN(C1CCNCC1)S(=O)(=O)c1cccc(Cl)c1C. The Morgan fingerprint density at radius 2 is 2.00 bits per heavy atom. The minimum atomic E-state index is -3.49. The van der Waals surface area contributed by atoms with Gasteiger partial charge in [0, 0.05) is 17.6 Å². The van der Waals surface area contributed by atoms with Crippen molar-refractivity contribution in [2.45, 2.75) is 44.0 Å². The molecule has 1 saturated heterocycles. The van der Waals surface area contributed by atoms with Gasteiger partial charge < -0.3 is 5.32 Å². The molecule has 1 N–H and O–H groups in total. The summed E-state index contributed by atoms with van der Waals surface area (Å²) in [5.41, 5.74) is 0.634. The number of benzene rings is 1. The topological polar surface area (TPSA) is 49.4 Å². The second-order valence-corrected chi connectivity index (χ2v) is 7.73. The number of rotatable bonds is 5. The molecule has 1 aromatic carbocycles. The van der Waals surface area contributed by atoms with Crippen LogP contribution in [0.3, 0.4) is 0 Å². The van der Waals surface area contributed by atoms with Crippen molar-refractivity contribution < 1.29 is 8.42 Å². The third kappa shape index (κ3) is 3.59. The zero-order chi connectivity index (χ0) is 15.5. The van der Waals surface area contributed by atoms with Gasteiger partial charge in [-0.1, -0.05) is 24.6 Å². The summed E-state index contributed by atoms with van der Waals surface area (Å²) < 4.78 is 27.8. The van der Waals surface area contributed by atoms with Gasteiger partial charge in [-0.25, -0.2) is 8.42 Å². The van der Waals surface area contributed by atoms with Gasteiger partial charge in [-0.3, -0.25) is 0 Å². The van der Waals surface area contributed by atoms with Gasteiger partial charge in [0.05, 0.1) is 4.90 Å². The fourth-order valence-corrected chi connectivity index (χ4v) is 5.06. The van der Waals surface area contributed by atoms with E-state index in [9.17, 15) is 8.42 Å². The van der Waals surface area contributed by atoms with Gasteiger partial charge in [-0.15, -0.1) is 0 Å². The van der Waals surface area contributed by atoms with Crippen LogP contribution < -0.4 is 5.32 Å². The lowest BCUT2D eigenvalue weighted by molar-refractivity contribution is 0.262. The lowest BCUT2D eigenvalue weighted by atomic mass is 10.1. The van der Waals surface area contributed by atoms with E-state index in [0.29, 0.717) is 22.0 Å². The Labute approximate surface area is 132 Å². The number of nitrogens with zero attached hydrogens (tertiary/aromatic N) is 1. The van der Waals surface area contributed by atoms with Crippen molar-refractivity contribution in [3.05, 3.63) is 28.8 Å². The van der Waals surface area contributed by atoms with E-state index in [1.165, 1.54) is 0 Å². The lowest BCUT2D eigenvalue weighted by Gasteiger charge is -2.34. The lowest BCUT2D eigenvalue weighted by Crippen LogP contribution is -2.46. The molecule has 1 aliphatic rings. The van der Waals surface area contributed by atoms with E-state index in [1.54, 1.807) is 29.4 Å². The van der Waals surface area contributed by atoms with Crippen LogP contribution in [0.25, 0.3) is 0 Å². The summed E-state index contributed by atoms with van der Waals surface area (Å²) in [6.45, 7) is 6.07. The first-order valence-corrected chi connectivity index (χ1v) is 9.28. The monoisotopic (exact) mass is 330 g/mol. The van der Waals surface area contributed by atoms with Crippen LogP contribution in [0.4, 0.5) is 0 Å². The predicted octanol–water partition coefficient (Wildman–Crippen LogP) is 2.80. The van der Waals surface area contributed by atoms with Crippen LogP contribution in [0.1, 0.15) is 31.7 Å². The molecule has 2 rings (SSSR count). The molecule has 4 nitrogen and oxygen atoms in total. The third-order valence-corrected chi connectivity index (χ3v) is 6.47. The normalized spacial score (nSPS) is 17.3. The molecular weight excluding hydrogens is 308 g/mol. The van der Waals surface area contributed by atoms with Crippen LogP contribution >= 0.6 is 11.6 Å². The number of hydrogen-bond donors (Lipinski definition) is 1. The number of nitrogens with one attached hydrogen (secondary N) is 1. The molecule has 1 heterocycles. The van der Waals surface area contributed by atoms with Crippen LogP contribution in [-0.2, 0) is 10.0 Å². The number of sulfonamides is 1. The largest absolute Gasteiger partial charge is 0.317 e. The summed E-state index contributed by atoms with van der Waals surface area (Å²) in [4.78, 5) is 0.335. The Kier molecular flexibility index (Phi) is 5.66. The van der Waals surface area contributed by atoms with Gasteiger partial charge in [0.1, 0.15) is 0 Å². The van der Waals surface area contributed by atoms with E-state index in [1.807, 2.05) is 6.92 Å². The van der Waals surface area contributed by atoms with Crippen LogP contribution in [0.15, 0.2) is 23.1 Å². The molecule has 0 saturated carbocycles. The molecule has 118 valence electrons. The highest BCUT2D eigenvalue weighted by Gasteiger charge is 2.32. The molecule has 0 spiro atoms. The number of hydrogen-bond acceptors (Lipinski definition) is 3. The fourth-order valence-electron chi connectivity index (χ4n) is 2.81. The highest BCUT2D eigenvalue weighted by molar-refractivity contribution is 7.89. The van der Waals surface area contributed by atoms with E-state index in [-0.39, 0.29) is 6.04 Å². The number of piperidine rings is 1. The maximum atomic E-state index is 13.0. The van der Waals surface area contributed by atoms with Crippen LogP contribution in [0.2, 0.25) is 5.02 Å². The second-order valence-electron chi connectivity index (χ2n) is 5.46.